The van der Waals surface area contributed by atoms with Gasteiger partial charge in [0, 0.05) is 18.2 Å². The molecular weight excluding hydrogens is 408 g/mol. The Bertz CT molecular complexity index is 1070. The monoisotopic (exact) mass is 438 g/mol. The first-order chi connectivity index (χ1) is 16.2. The molecule has 2 bridgehead atoms. The molecule has 0 amide bonds. The van der Waals surface area contributed by atoms with E-state index >= 15 is 0 Å². The van der Waals surface area contributed by atoms with E-state index in [2.05, 4.69) is 65.6 Å². The summed E-state index contributed by atoms with van der Waals surface area (Å²) in [5, 5.41) is 0. The highest BCUT2D eigenvalue weighted by Crippen LogP contribution is 2.43. The van der Waals surface area contributed by atoms with Gasteiger partial charge in [0.15, 0.2) is 0 Å². The van der Waals surface area contributed by atoms with Gasteiger partial charge >= 0.3 is 5.97 Å². The summed E-state index contributed by atoms with van der Waals surface area (Å²) in [6.45, 7) is 2.27. The molecule has 2 atom stereocenters. The van der Waals surface area contributed by atoms with Crippen LogP contribution >= 0.6 is 0 Å². The average molecular weight is 439 g/mol. The van der Waals surface area contributed by atoms with Gasteiger partial charge in [-0.25, -0.2) is 4.79 Å². The third-order valence-corrected chi connectivity index (χ3v) is 7.19. The van der Waals surface area contributed by atoms with Gasteiger partial charge < -0.3 is 4.74 Å². The van der Waals surface area contributed by atoms with Crippen molar-refractivity contribution in [2.45, 2.75) is 30.8 Å². The molecule has 3 aliphatic rings. The van der Waals surface area contributed by atoms with Crippen LogP contribution in [0.15, 0.2) is 89.9 Å². The molecule has 0 aliphatic carbocycles. The van der Waals surface area contributed by atoms with Crippen molar-refractivity contribution in [2.75, 3.05) is 20.2 Å². The zero-order valence-electron chi connectivity index (χ0n) is 19.0. The van der Waals surface area contributed by atoms with Crippen molar-refractivity contribution in [1.82, 2.24) is 4.90 Å². The summed E-state index contributed by atoms with van der Waals surface area (Å²) in [7, 11) is 1.41. The lowest BCUT2D eigenvalue weighted by molar-refractivity contribution is 0.0215. The molecule has 0 spiro atoms. The molecule has 3 aliphatic heterocycles. The zero-order valence-corrected chi connectivity index (χ0v) is 19.0. The van der Waals surface area contributed by atoms with E-state index in [0.717, 1.165) is 18.7 Å². The number of piperidine rings is 3. The molecule has 0 radical (unpaired) electrons. The van der Waals surface area contributed by atoms with E-state index in [-0.39, 0.29) is 17.9 Å². The number of carbonyl (C=O) groups excluding carboxylic acids is 1. The molecule has 0 aromatic heterocycles. The smallest absolute Gasteiger partial charge is 0.337 e. The van der Waals surface area contributed by atoms with E-state index in [1.165, 1.54) is 31.1 Å². The van der Waals surface area contributed by atoms with Crippen LogP contribution in [-0.4, -0.2) is 49.4 Å². The van der Waals surface area contributed by atoms with Crippen LogP contribution in [0.2, 0.25) is 0 Å². The van der Waals surface area contributed by atoms with Crippen molar-refractivity contribution in [1.29, 1.82) is 0 Å². The Kier molecular flexibility index (Phi) is 6.36. The highest BCUT2D eigenvalue weighted by Gasteiger charge is 2.46. The van der Waals surface area contributed by atoms with E-state index < -0.39 is 0 Å². The second kappa shape index (κ2) is 9.72. The largest absolute Gasteiger partial charge is 0.465 e. The molecule has 4 heteroatoms. The fourth-order valence-corrected chi connectivity index (χ4v) is 5.62. The van der Waals surface area contributed by atoms with Gasteiger partial charge in [0.1, 0.15) is 0 Å². The van der Waals surface area contributed by atoms with Gasteiger partial charge in [-0.15, -0.1) is 0 Å². The first-order valence-corrected chi connectivity index (χ1v) is 11.8. The minimum absolute atomic E-state index is 0.208. The second-order valence-electron chi connectivity index (χ2n) is 9.05. The number of hydrogen-bond acceptors (Lipinski definition) is 4. The summed E-state index contributed by atoms with van der Waals surface area (Å²) in [5.74, 6) is 0.521. The predicted octanol–water partition coefficient (Wildman–Crippen LogP) is 5.19. The number of ether oxygens (including phenoxy) is 1. The van der Waals surface area contributed by atoms with E-state index in [1.54, 1.807) is 6.07 Å². The van der Waals surface area contributed by atoms with Crippen molar-refractivity contribution >= 4 is 12.2 Å². The Labute approximate surface area is 195 Å². The van der Waals surface area contributed by atoms with Crippen LogP contribution in [0.4, 0.5) is 0 Å². The minimum atomic E-state index is -0.320. The molecule has 3 heterocycles. The molecule has 0 unspecified atom stereocenters. The molecule has 3 aromatic carbocycles. The Morgan fingerprint density at radius 3 is 2.18 bits per heavy atom. The lowest BCUT2D eigenvalue weighted by atomic mass is 9.71. The van der Waals surface area contributed by atoms with Gasteiger partial charge in [0.25, 0.3) is 0 Å². The molecular formula is C29H30N2O2. The summed E-state index contributed by atoms with van der Waals surface area (Å²) in [6, 6.07) is 29.8. The van der Waals surface area contributed by atoms with Gasteiger partial charge in [-0.3, -0.25) is 9.89 Å². The molecule has 33 heavy (non-hydrogen) atoms. The maximum absolute atomic E-state index is 12.0. The Balaban J connectivity index is 1.52. The number of aliphatic imine (C=N–C) groups is 1. The molecule has 168 valence electrons. The zero-order chi connectivity index (χ0) is 22.6. The maximum Gasteiger partial charge on any atom is 0.337 e. The first-order valence-electron chi connectivity index (χ1n) is 11.8. The Morgan fingerprint density at radius 2 is 1.58 bits per heavy atom. The average Bonchev–Trinajstić information content (AvgIpc) is 2.89. The van der Waals surface area contributed by atoms with Crippen molar-refractivity contribution in [3.63, 3.8) is 0 Å². The summed E-state index contributed by atoms with van der Waals surface area (Å²) < 4.78 is 4.88. The summed E-state index contributed by atoms with van der Waals surface area (Å²) in [4.78, 5) is 19.8. The summed E-state index contributed by atoms with van der Waals surface area (Å²) in [5.41, 5.74) is 4.17. The van der Waals surface area contributed by atoms with E-state index in [9.17, 15) is 4.79 Å². The van der Waals surface area contributed by atoms with Crippen molar-refractivity contribution in [2.24, 2.45) is 10.9 Å². The molecule has 0 saturated carbocycles. The number of nitrogens with zero attached hydrogens (tertiary/aromatic N) is 2. The molecule has 0 N–H and O–H groups in total. The standard InChI is InChI=1S/C29H30N2O2/c1-33-29(32)25-14-8-9-21(19-25)20-30-27-24-15-17-31(18-16-24)28(27)26(22-10-4-2-5-11-22)23-12-6-3-7-13-23/h2-14,19-20,24,26-28H,15-18H2,1H3/t27-,28-/m1/s1. The molecule has 3 saturated heterocycles. The lowest BCUT2D eigenvalue weighted by Crippen LogP contribution is -2.59. The van der Waals surface area contributed by atoms with E-state index in [0.29, 0.717) is 17.5 Å². The highest BCUT2D eigenvalue weighted by molar-refractivity contribution is 5.92. The fourth-order valence-electron chi connectivity index (χ4n) is 5.62. The van der Waals surface area contributed by atoms with E-state index in [4.69, 9.17) is 9.73 Å². The summed E-state index contributed by atoms with van der Waals surface area (Å²) in [6.07, 6.45) is 4.34. The topological polar surface area (TPSA) is 41.9 Å². The predicted molar refractivity (Wildman–Crippen MR) is 132 cm³/mol. The van der Waals surface area contributed by atoms with Crippen LogP contribution in [-0.2, 0) is 4.74 Å². The molecule has 3 fully saturated rings. The third-order valence-electron chi connectivity index (χ3n) is 7.19. The SMILES string of the molecule is COC(=O)c1cccc(C=N[C@@H]2C3CCN(CC3)[C@@H]2C(c2ccccc2)c2ccccc2)c1. The van der Waals surface area contributed by atoms with Crippen LogP contribution in [0.1, 0.15) is 45.8 Å². The number of methoxy groups -OCH3 is 1. The van der Waals surface area contributed by atoms with Gasteiger partial charge in [-0.2, -0.15) is 0 Å². The van der Waals surface area contributed by atoms with Crippen LogP contribution in [0, 0.1) is 5.92 Å². The quantitative estimate of drug-likeness (QED) is 0.393. The highest BCUT2D eigenvalue weighted by atomic mass is 16.5. The van der Waals surface area contributed by atoms with Gasteiger partial charge in [-0.05, 0) is 60.7 Å². The van der Waals surface area contributed by atoms with Gasteiger partial charge in [0.2, 0.25) is 0 Å². The van der Waals surface area contributed by atoms with Crippen LogP contribution in [0.5, 0.6) is 0 Å². The van der Waals surface area contributed by atoms with Crippen molar-refractivity contribution in [3.8, 4) is 0 Å². The first kappa shape index (κ1) is 21.6. The number of fused-ring (bicyclic) bond motifs is 3. The van der Waals surface area contributed by atoms with Crippen LogP contribution in [0.25, 0.3) is 0 Å². The Morgan fingerprint density at radius 1 is 0.939 bits per heavy atom. The number of hydrogen-bond donors (Lipinski definition) is 0. The van der Waals surface area contributed by atoms with Gasteiger partial charge in [0.05, 0.1) is 18.7 Å². The fraction of sp³-hybridized carbons (Fsp3) is 0.310. The molecule has 4 nitrogen and oxygen atoms in total. The maximum atomic E-state index is 12.0. The van der Waals surface area contributed by atoms with Crippen LogP contribution in [0.3, 0.4) is 0 Å². The lowest BCUT2D eigenvalue weighted by Gasteiger charge is -2.52. The number of carbonyl (C=O) groups is 1. The summed E-state index contributed by atoms with van der Waals surface area (Å²) >= 11 is 0. The van der Waals surface area contributed by atoms with E-state index in [1.807, 2.05) is 24.4 Å². The van der Waals surface area contributed by atoms with Crippen LogP contribution < -0.4 is 0 Å². The van der Waals surface area contributed by atoms with Gasteiger partial charge in [-0.1, -0.05) is 72.8 Å². The second-order valence-corrected chi connectivity index (χ2v) is 9.05. The normalized spacial score (nSPS) is 24.3. The minimum Gasteiger partial charge on any atom is -0.465 e. The number of rotatable bonds is 6. The number of esters is 1. The molecule has 6 rings (SSSR count). The van der Waals surface area contributed by atoms with Crippen molar-refractivity contribution in [3.05, 3.63) is 107 Å². The number of benzene rings is 3. The third kappa shape index (κ3) is 4.49. The Hall–Kier alpha value is -3.24. The van der Waals surface area contributed by atoms with Crippen molar-refractivity contribution < 1.29 is 9.53 Å². The molecule has 3 aromatic rings.